The zero-order valence-electron chi connectivity index (χ0n) is 12.5. The number of carbonyl (C=O) groups excluding carboxylic acids is 3. The van der Waals surface area contributed by atoms with Gasteiger partial charge in [0.25, 0.3) is 0 Å². The number of carbonyl (C=O) groups is 3. The molecule has 2 rings (SSSR count). The first kappa shape index (κ1) is 17.3. The van der Waals surface area contributed by atoms with Gasteiger partial charge in [0.15, 0.2) is 11.6 Å². The van der Waals surface area contributed by atoms with E-state index in [0.717, 1.165) is 5.56 Å². The third-order valence-corrected chi connectivity index (χ3v) is 2.87. The molecular formula is C18H19NO3. The van der Waals surface area contributed by atoms with Gasteiger partial charge in [-0.1, -0.05) is 60.7 Å². The SMILES string of the molecule is CC(=O)c1ccccc1.NC(=O)CCC(=O)c1ccccc1. The van der Waals surface area contributed by atoms with Crippen molar-refractivity contribution < 1.29 is 14.4 Å². The van der Waals surface area contributed by atoms with Gasteiger partial charge in [-0.3, -0.25) is 14.4 Å². The predicted octanol–water partition coefficient (Wildman–Crippen LogP) is 3.02. The Morgan fingerprint density at radius 2 is 1.23 bits per heavy atom. The lowest BCUT2D eigenvalue weighted by atomic mass is 10.1. The highest BCUT2D eigenvalue weighted by Crippen LogP contribution is 2.04. The zero-order chi connectivity index (χ0) is 16.4. The van der Waals surface area contributed by atoms with Crippen LogP contribution in [0.25, 0.3) is 0 Å². The molecule has 4 heteroatoms. The molecule has 114 valence electrons. The number of primary amides is 1. The number of rotatable bonds is 5. The minimum absolute atomic E-state index is 0.0422. The van der Waals surface area contributed by atoms with E-state index in [4.69, 9.17) is 5.73 Å². The molecule has 0 heterocycles. The average molecular weight is 297 g/mol. The summed E-state index contributed by atoms with van der Waals surface area (Å²) in [4.78, 5) is 32.4. The molecule has 0 aliphatic heterocycles. The van der Waals surface area contributed by atoms with E-state index in [-0.39, 0.29) is 24.4 Å². The van der Waals surface area contributed by atoms with Crippen LogP contribution in [0.5, 0.6) is 0 Å². The van der Waals surface area contributed by atoms with E-state index in [0.29, 0.717) is 5.56 Å². The Kier molecular flexibility index (Phi) is 7.26. The molecule has 1 amide bonds. The van der Waals surface area contributed by atoms with Gasteiger partial charge in [-0.15, -0.1) is 0 Å². The highest BCUT2D eigenvalue weighted by atomic mass is 16.1. The first-order valence-corrected chi connectivity index (χ1v) is 6.93. The van der Waals surface area contributed by atoms with Crippen LogP contribution in [0.1, 0.15) is 40.5 Å². The monoisotopic (exact) mass is 297 g/mol. The molecule has 0 radical (unpaired) electrons. The Hall–Kier alpha value is -2.75. The van der Waals surface area contributed by atoms with E-state index in [9.17, 15) is 14.4 Å². The van der Waals surface area contributed by atoms with Crippen LogP contribution >= 0.6 is 0 Å². The summed E-state index contributed by atoms with van der Waals surface area (Å²) in [5.74, 6) is -0.362. The van der Waals surface area contributed by atoms with Crippen molar-refractivity contribution in [3.8, 4) is 0 Å². The standard InChI is InChI=1S/C10H11NO2.C8H8O/c11-10(13)7-6-9(12)8-4-2-1-3-5-8;1-7(9)8-5-3-2-4-6-8/h1-5H,6-7H2,(H2,11,13);2-6H,1H3. The van der Waals surface area contributed by atoms with Crippen LogP contribution < -0.4 is 5.73 Å². The molecule has 2 aromatic carbocycles. The molecule has 0 saturated carbocycles. The number of ketones is 2. The van der Waals surface area contributed by atoms with Crippen molar-refractivity contribution in [3.05, 3.63) is 71.8 Å². The maximum atomic E-state index is 11.3. The molecule has 0 aliphatic carbocycles. The maximum absolute atomic E-state index is 11.3. The smallest absolute Gasteiger partial charge is 0.217 e. The zero-order valence-corrected chi connectivity index (χ0v) is 12.5. The topological polar surface area (TPSA) is 77.2 Å². The Balaban J connectivity index is 0.000000235. The number of nitrogens with two attached hydrogens (primary N) is 1. The molecule has 0 bridgehead atoms. The van der Waals surface area contributed by atoms with E-state index < -0.39 is 5.91 Å². The van der Waals surface area contributed by atoms with Gasteiger partial charge in [-0.25, -0.2) is 0 Å². The second kappa shape index (κ2) is 9.23. The summed E-state index contributed by atoms with van der Waals surface area (Å²) in [6.45, 7) is 1.56. The summed E-state index contributed by atoms with van der Waals surface area (Å²) in [5.41, 5.74) is 6.33. The number of Topliss-reactive ketones (excluding diaryl/α,β-unsaturated/α-hetero) is 2. The average Bonchev–Trinajstić information content (AvgIpc) is 2.55. The quantitative estimate of drug-likeness (QED) is 0.862. The third kappa shape index (κ3) is 6.61. The van der Waals surface area contributed by atoms with Crippen LogP contribution in [-0.2, 0) is 4.79 Å². The summed E-state index contributed by atoms with van der Waals surface area (Å²) in [7, 11) is 0. The summed E-state index contributed by atoms with van der Waals surface area (Å²) in [6.07, 6.45) is 0.313. The van der Waals surface area contributed by atoms with Crippen molar-refractivity contribution >= 4 is 17.5 Å². The third-order valence-electron chi connectivity index (χ3n) is 2.87. The minimum Gasteiger partial charge on any atom is -0.370 e. The van der Waals surface area contributed by atoms with Crippen molar-refractivity contribution in [3.63, 3.8) is 0 Å². The van der Waals surface area contributed by atoms with Crippen molar-refractivity contribution in [2.24, 2.45) is 5.73 Å². The molecule has 2 aromatic rings. The molecule has 0 atom stereocenters. The molecule has 2 N–H and O–H groups in total. The molecule has 0 unspecified atom stereocenters. The maximum Gasteiger partial charge on any atom is 0.217 e. The van der Waals surface area contributed by atoms with Crippen LogP contribution in [0.3, 0.4) is 0 Å². The van der Waals surface area contributed by atoms with Gasteiger partial charge < -0.3 is 5.73 Å². The summed E-state index contributed by atoms with van der Waals surface area (Å²) in [5, 5.41) is 0. The van der Waals surface area contributed by atoms with E-state index in [1.54, 1.807) is 31.2 Å². The van der Waals surface area contributed by atoms with Crippen molar-refractivity contribution in [2.45, 2.75) is 19.8 Å². The molecule has 0 fully saturated rings. The summed E-state index contributed by atoms with van der Waals surface area (Å²) in [6, 6.07) is 18.1. The fraction of sp³-hybridized carbons (Fsp3) is 0.167. The predicted molar refractivity (Wildman–Crippen MR) is 85.6 cm³/mol. The molecule has 22 heavy (non-hydrogen) atoms. The van der Waals surface area contributed by atoms with Crippen molar-refractivity contribution in [1.82, 2.24) is 0 Å². The van der Waals surface area contributed by atoms with Crippen LogP contribution in [-0.4, -0.2) is 17.5 Å². The van der Waals surface area contributed by atoms with Crippen LogP contribution in [0, 0.1) is 0 Å². The minimum atomic E-state index is -0.440. The Morgan fingerprint density at radius 3 is 1.59 bits per heavy atom. The molecule has 0 spiro atoms. The lowest BCUT2D eigenvalue weighted by Gasteiger charge is -1.97. The molecule has 4 nitrogen and oxygen atoms in total. The van der Waals surface area contributed by atoms with Gasteiger partial charge in [0, 0.05) is 24.0 Å². The first-order chi connectivity index (χ1) is 10.5. The first-order valence-electron chi connectivity index (χ1n) is 6.93. The van der Waals surface area contributed by atoms with Gasteiger partial charge >= 0.3 is 0 Å². The van der Waals surface area contributed by atoms with Gasteiger partial charge in [-0.05, 0) is 6.92 Å². The van der Waals surface area contributed by atoms with E-state index in [1.165, 1.54) is 0 Å². The largest absolute Gasteiger partial charge is 0.370 e. The normalized spacial score (nSPS) is 9.32. The van der Waals surface area contributed by atoms with E-state index >= 15 is 0 Å². The number of hydrogen-bond donors (Lipinski definition) is 1. The van der Waals surface area contributed by atoms with Crippen molar-refractivity contribution in [1.29, 1.82) is 0 Å². The molecular weight excluding hydrogens is 278 g/mol. The fourth-order valence-corrected chi connectivity index (χ4v) is 1.68. The van der Waals surface area contributed by atoms with E-state index in [2.05, 4.69) is 0 Å². The second-order valence-electron chi connectivity index (χ2n) is 4.68. The van der Waals surface area contributed by atoms with Crippen molar-refractivity contribution in [2.75, 3.05) is 0 Å². The van der Waals surface area contributed by atoms with Crippen LogP contribution in [0.15, 0.2) is 60.7 Å². The lowest BCUT2D eigenvalue weighted by Crippen LogP contribution is -2.12. The molecule has 0 aliphatic rings. The summed E-state index contributed by atoms with van der Waals surface area (Å²) >= 11 is 0. The molecule has 0 aromatic heterocycles. The van der Waals surface area contributed by atoms with Crippen LogP contribution in [0.2, 0.25) is 0 Å². The summed E-state index contributed by atoms with van der Waals surface area (Å²) < 4.78 is 0. The number of amides is 1. The Labute approximate surface area is 130 Å². The van der Waals surface area contributed by atoms with Gasteiger partial charge in [0.05, 0.1) is 0 Å². The highest BCUT2D eigenvalue weighted by molar-refractivity contribution is 5.97. The lowest BCUT2D eigenvalue weighted by molar-refractivity contribution is -0.118. The Morgan fingerprint density at radius 1 is 0.773 bits per heavy atom. The van der Waals surface area contributed by atoms with Crippen LogP contribution in [0.4, 0.5) is 0 Å². The number of benzene rings is 2. The fourth-order valence-electron chi connectivity index (χ4n) is 1.68. The van der Waals surface area contributed by atoms with Gasteiger partial charge in [-0.2, -0.15) is 0 Å². The van der Waals surface area contributed by atoms with Gasteiger partial charge in [0.1, 0.15) is 0 Å². The second-order valence-corrected chi connectivity index (χ2v) is 4.68. The highest BCUT2D eigenvalue weighted by Gasteiger charge is 2.05. The Bertz CT molecular complexity index is 621. The van der Waals surface area contributed by atoms with Gasteiger partial charge in [0.2, 0.25) is 5.91 Å². The molecule has 0 saturated heterocycles. The van der Waals surface area contributed by atoms with E-state index in [1.807, 2.05) is 36.4 Å². The number of hydrogen-bond acceptors (Lipinski definition) is 3.